The number of amides is 1. The Morgan fingerprint density at radius 3 is 2.62 bits per heavy atom. The molecule has 3 aromatic rings. The fraction of sp³-hybridized carbons (Fsp3) is 0.318. The van der Waals surface area contributed by atoms with Gasteiger partial charge in [-0.3, -0.25) is 4.79 Å². The molecule has 32 heavy (non-hydrogen) atoms. The lowest BCUT2D eigenvalue weighted by molar-refractivity contribution is -0.159. The highest BCUT2D eigenvalue weighted by atomic mass is 35.5. The quantitative estimate of drug-likeness (QED) is 0.626. The van der Waals surface area contributed by atoms with Crippen molar-refractivity contribution in [1.82, 2.24) is 20.4 Å². The number of nitrogens with zero attached hydrogens (tertiary/aromatic N) is 3. The highest BCUT2D eigenvalue weighted by molar-refractivity contribution is 5.99. The summed E-state index contributed by atoms with van der Waals surface area (Å²) in [6, 6.07) is 15.1. The second kappa shape index (κ2) is 8.55. The van der Waals surface area contributed by atoms with Gasteiger partial charge in [0.15, 0.2) is 0 Å². The molecule has 1 amide bonds. The molecule has 1 saturated heterocycles. The Morgan fingerprint density at radius 1 is 1.12 bits per heavy atom. The van der Waals surface area contributed by atoms with Crippen LogP contribution in [0.1, 0.15) is 39.7 Å². The molecule has 0 aliphatic carbocycles. The number of rotatable bonds is 3. The molecule has 2 aliphatic rings. The van der Waals surface area contributed by atoms with E-state index in [2.05, 4.69) is 32.1 Å². The molecule has 0 unspecified atom stereocenters. The second-order valence-electron chi connectivity index (χ2n) is 7.80. The van der Waals surface area contributed by atoms with Crippen molar-refractivity contribution >= 4 is 18.3 Å². The Kier molecular flexibility index (Phi) is 5.96. The Labute approximate surface area is 188 Å². The van der Waals surface area contributed by atoms with E-state index in [1.807, 2.05) is 23.1 Å². The number of aromatic nitrogens is 2. The summed E-state index contributed by atoms with van der Waals surface area (Å²) in [5.74, 6) is -1.55. The lowest BCUT2D eigenvalue weighted by atomic mass is 9.86. The van der Waals surface area contributed by atoms with Gasteiger partial charge in [-0.05, 0) is 30.2 Å². The molecule has 2 atom stereocenters. The highest BCUT2D eigenvalue weighted by Gasteiger charge is 2.40. The second-order valence-corrected chi connectivity index (χ2v) is 7.80. The van der Waals surface area contributed by atoms with Gasteiger partial charge in [0.05, 0.1) is 0 Å². The van der Waals surface area contributed by atoms with Crippen molar-refractivity contribution < 1.29 is 22.5 Å². The number of hydrogen-bond acceptors (Lipinski definition) is 5. The number of alkyl halides is 3. The monoisotopic (exact) mass is 464 g/mol. The minimum absolute atomic E-state index is 0. The number of fused-ring (bicyclic) bond motifs is 1. The third-order valence-electron chi connectivity index (χ3n) is 5.94. The topological polar surface area (TPSA) is 71.3 Å². The minimum Gasteiger partial charge on any atom is -0.331 e. The third-order valence-corrected chi connectivity index (χ3v) is 5.94. The number of carbonyl (C=O) groups is 1. The number of nitrogens with one attached hydrogen (secondary N) is 1. The van der Waals surface area contributed by atoms with Gasteiger partial charge in [-0.2, -0.15) is 18.2 Å². The summed E-state index contributed by atoms with van der Waals surface area (Å²) in [4.78, 5) is 18.6. The van der Waals surface area contributed by atoms with Crippen molar-refractivity contribution in [3.63, 3.8) is 0 Å². The van der Waals surface area contributed by atoms with Crippen LogP contribution in [0.15, 0.2) is 53.1 Å². The normalized spacial score (nSPS) is 20.7. The first-order valence-electron chi connectivity index (χ1n) is 10.0. The zero-order chi connectivity index (χ0) is 21.6. The summed E-state index contributed by atoms with van der Waals surface area (Å²) in [6.45, 7) is 2.08. The standard InChI is InChI=1S/C22H19F3N4O2.ClH/c23-22(24,25)21-27-19(28-31-21)14-6-7-15-12-29(20(30)16(15)10-14)18-8-9-26-11-17(18)13-4-2-1-3-5-13;/h1-7,10,17-18,26H,8-9,11-12H2;1H/t17-,18+;/m1./s1. The molecule has 5 rings (SSSR count). The third kappa shape index (κ3) is 3.98. The van der Waals surface area contributed by atoms with Gasteiger partial charge in [0.2, 0.25) is 5.82 Å². The predicted octanol–water partition coefficient (Wildman–Crippen LogP) is 4.28. The van der Waals surface area contributed by atoms with Gasteiger partial charge >= 0.3 is 12.1 Å². The van der Waals surface area contributed by atoms with E-state index in [-0.39, 0.29) is 36.1 Å². The SMILES string of the molecule is Cl.O=C1c2cc(-c3noc(C(F)(F)F)n3)ccc2CN1[C@H]1CCNC[C@@H]1c1ccccc1. The van der Waals surface area contributed by atoms with E-state index >= 15 is 0 Å². The Balaban J connectivity index is 0.00000245. The molecule has 2 aliphatic heterocycles. The van der Waals surface area contributed by atoms with Crippen LogP contribution in [0, 0.1) is 0 Å². The van der Waals surface area contributed by atoms with E-state index in [0.717, 1.165) is 25.1 Å². The largest absolute Gasteiger partial charge is 0.471 e. The molecule has 1 aromatic heterocycles. The first kappa shape index (κ1) is 22.3. The van der Waals surface area contributed by atoms with Crippen LogP contribution in [0.25, 0.3) is 11.4 Å². The van der Waals surface area contributed by atoms with Crippen LogP contribution in [-0.2, 0) is 12.7 Å². The number of piperidine rings is 1. The lowest BCUT2D eigenvalue weighted by Gasteiger charge is -2.38. The minimum atomic E-state index is -4.71. The fourth-order valence-corrected chi connectivity index (χ4v) is 4.44. The molecule has 1 N–H and O–H groups in total. The van der Waals surface area contributed by atoms with Crippen molar-refractivity contribution in [3.05, 3.63) is 71.1 Å². The summed E-state index contributed by atoms with van der Waals surface area (Å²) < 4.78 is 42.6. The lowest BCUT2D eigenvalue weighted by Crippen LogP contribution is -2.48. The summed E-state index contributed by atoms with van der Waals surface area (Å²) in [5, 5.41) is 6.84. The number of carbonyl (C=O) groups excluding carboxylic acids is 1. The molecular formula is C22H20ClF3N4O2. The van der Waals surface area contributed by atoms with Crippen molar-refractivity contribution in [3.8, 4) is 11.4 Å². The van der Waals surface area contributed by atoms with Crippen LogP contribution in [0.4, 0.5) is 13.2 Å². The molecule has 0 radical (unpaired) electrons. The van der Waals surface area contributed by atoms with Gasteiger partial charge in [-0.25, -0.2) is 0 Å². The van der Waals surface area contributed by atoms with Gasteiger partial charge in [0.25, 0.3) is 5.91 Å². The Morgan fingerprint density at radius 2 is 1.91 bits per heavy atom. The molecular weight excluding hydrogens is 445 g/mol. The van der Waals surface area contributed by atoms with Crippen molar-refractivity contribution in [2.24, 2.45) is 0 Å². The molecule has 0 bridgehead atoms. The molecule has 2 aromatic carbocycles. The Bertz CT molecular complexity index is 1120. The Hall–Kier alpha value is -2.91. The highest BCUT2D eigenvalue weighted by Crippen LogP contribution is 2.36. The molecule has 10 heteroatoms. The zero-order valence-corrected chi connectivity index (χ0v) is 17.6. The van der Waals surface area contributed by atoms with Gasteiger partial charge in [-0.15, -0.1) is 12.4 Å². The average Bonchev–Trinajstić information content (AvgIpc) is 3.40. The van der Waals surface area contributed by atoms with E-state index in [1.54, 1.807) is 18.2 Å². The van der Waals surface area contributed by atoms with E-state index < -0.39 is 12.1 Å². The number of benzene rings is 2. The number of hydrogen-bond donors (Lipinski definition) is 1. The van der Waals surface area contributed by atoms with Crippen LogP contribution in [0.2, 0.25) is 0 Å². The van der Waals surface area contributed by atoms with E-state index in [4.69, 9.17) is 0 Å². The summed E-state index contributed by atoms with van der Waals surface area (Å²) in [7, 11) is 0. The van der Waals surface area contributed by atoms with Gasteiger partial charge in [0.1, 0.15) is 0 Å². The van der Waals surface area contributed by atoms with Crippen molar-refractivity contribution in [1.29, 1.82) is 0 Å². The summed E-state index contributed by atoms with van der Waals surface area (Å²) in [6.07, 6.45) is -3.89. The van der Waals surface area contributed by atoms with Crippen LogP contribution >= 0.6 is 12.4 Å². The maximum absolute atomic E-state index is 13.3. The van der Waals surface area contributed by atoms with Crippen LogP contribution in [-0.4, -0.2) is 40.1 Å². The van der Waals surface area contributed by atoms with Crippen LogP contribution in [0.3, 0.4) is 0 Å². The predicted molar refractivity (Wildman–Crippen MR) is 112 cm³/mol. The van der Waals surface area contributed by atoms with Gasteiger partial charge in [0, 0.05) is 36.2 Å². The van der Waals surface area contributed by atoms with Crippen LogP contribution < -0.4 is 5.32 Å². The zero-order valence-electron chi connectivity index (χ0n) is 16.8. The number of halogens is 4. The van der Waals surface area contributed by atoms with Gasteiger partial charge < -0.3 is 14.7 Å². The molecule has 1 fully saturated rings. The maximum Gasteiger partial charge on any atom is 0.471 e. The first-order chi connectivity index (χ1) is 14.9. The summed E-state index contributed by atoms with van der Waals surface area (Å²) >= 11 is 0. The average molecular weight is 465 g/mol. The van der Waals surface area contributed by atoms with Crippen LogP contribution in [0.5, 0.6) is 0 Å². The summed E-state index contributed by atoms with van der Waals surface area (Å²) in [5.41, 5.74) is 2.81. The molecule has 0 spiro atoms. The van der Waals surface area contributed by atoms with Crippen molar-refractivity contribution in [2.45, 2.75) is 31.1 Å². The van der Waals surface area contributed by atoms with E-state index in [1.165, 1.54) is 5.56 Å². The van der Waals surface area contributed by atoms with E-state index in [0.29, 0.717) is 17.7 Å². The maximum atomic E-state index is 13.3. The van der Waals surface area contributed by atoms with E-state index in [9.17, 15) is 18.0 Å². The first-order valence-corrected chi connectivity index (χ1v) is 10.0. The van der Waals surface area contributed by atoms with Gasteiger partial charge in [-0.1, -0.05) is 47.6 Å². The molecule has 168 valence electrons. The molecule has 3 heterocycles. The van der Waals surface area contributed by atoms with Crippen molar-refractivity contribution in [2.75, 3.05) is 13.1 Å². The molecule has 6 nitrogen and oxygen atoms in total. The molecule has 0 saturated carbocycles. The smallest absolute Gasteiger partial charge is 0.331 e. The fourth-order valence-electron chi connectivity index (χ4n) is 4.44.